The molecule has 1 heterocycles. The average Bonchev–Trinajstić information content (AvgIpc) is 2.76. The molecule has 1 unspecified atom stereocenters. The van der Waals surface area contributed by atoms with Crippen molar-refractivity contribution in [1.82, 2.24) is 5.32 Å². The molecule has 1 saturated carbocycles. The second kappa shape index (κ2) is 3.82. The summed E-state index contributed by atoms with van der Waals surface area (Å²) < 4.78 is 38.0. The van der Waals surface area contributed by atoms with Gasteiger partial charge in [0, 0.05) is 5.25 Å². The zero-order valence-electron chi connectivity index (χ0n) is 9.27. The van der Waals surface area contributed by atoms with Crippen LogP contribution in [-0.4, -0.2) is 28.7 Å². The van der Waals surface area contributed by atoms with Crippen LogP contribution in [0.4, 0.5) is 13.2 Å². The predicted octanol–water partition coefficient (Wildman–Crippen LogP) is 2.80. The average molecular weight is 252 g/mol. The highest BCUT2D eigenvalue weighted by molar-refractivity contribution is 8.14. The van der Waals surface area contributed by atoms with Crippen LogP contribution in [-0.2, 0) is 0 Å². The number of halogens is 3. The first-order chi connectivity index (χ1) is 7.34. The van der Waals surface area contributed by atoms with Crippen molar-refractivity contribution in [3.05, 3.63) is 0 Å². The highest BCUT2D eigenvalue weighted by atomic mass is 32.2. The molecule has 0 bridgehead atoms. The van der Waals surface area contributed by atoms with Crippen molar-refractivity contribution >= 4 is 16.9 Å². The van der Waals surface area contributed by atoms with E-state index in [-0.39, 0.29) is 12.8 Å². The van der Waals surface area contributed by atoms with Crippen molar-refractivity contribution in [3.63, 3.8) is 0 Å². The van der Waals surface area contributed by atoms with Crippen LogP contribution in [0.15, 0.2) is 4.99 Å². The Kier molecular flexibility index (Phi) is 2.88. The van der Waals surface area contributed by atoms with E-state index < -0.39 is 11.7 Å². The maximum absolute atomic E-state index is 12.7. The van der Waals surface area contributed by atoms with Crippen LogP contribution in [0.5, 0.6) is 0 Å². The van der Waals surface area contributed by atoms with Crippen molar-refractivity contribution in [3.8, 4) is 0 Å². The molecule has 1 aliphatic heterocycles. The first-order valence-corrected chi connectivity index (χ1v) is 6.28. The molecule has 0 aromatic heterocycles. The number of amidine groups is 1. The Morgan fingerprint density at radius 2 is 2.06 bits per heavy atom. The molecule has 1 N–H and O–H groups in total. The molecule has 1 fully saturated rings. The second-order valence-electron chi connectivity index (χ2n) is 4.75. The minimum atomic E-state index is -4.16. The largest absolute Gasteiger partial charge is 0.411 e. The molecule has 0 radical (unpaired) electrons. The Hall–Kier alpha value is -0.390. The summed E-state index contributed by atoms with van der Waals surface area (Å²) in [5, 5.41) is 3.36. The number of rotatable bonds is 2. The van der Waals surface area contributed by atoms with Crippen LogP contribution in [0.3, 0.4) is 0 Å². The van der Waals surface area contributed by atoms with E-state index in [1.54, 1.807) is 0 Å². The van der Waals surface area contributed by atoms with Crippen LogP contribution in [0, 0.1) is 5.92 Å². The lowest BCUT2D eigenvalue weighted by Gasteiger charge is -2.21. The second-order valence-corrected chi connectivity index (χ2v) is 5.98. The van der Waals surface area contributed by atoms with E-state index in [1.807, 2.05) is 0 Å². The van der Waals surface area contributed by atoms with Crippen molar-refractivity contribution in [1.29, 1.82) is 0 Å². The van der Waals surface area contributed by atoms with Gasteiger partial charge in [0.15, 0.2) is 5.17 Å². The van der Waals surface area contributed by atoms with Crippen LogP contribution >= 0.6 is 11.8 Å². The Morgan fingerprint density at radius 1 is 1.44 bits per heavy atom. The van der Waals surface area contributed by atoms with Gasteiger partial charge in [-0.05, 0) is 18.8 Å². The Morgan fingerprint density at radius 3 is 2.44 bits per heavy atom. The third-order valence-corrected chi connectivity index (χ3v) is 4.51. The number of hydrogen-bond acceptors (Lipinski definition) is 3. The number of alkyl halides is 3. The molecule has 2 aliphatic rings. The minimum absolute atomic E-state index is 0.169. The highest BCUT2D eigenvalue weighted by Crippen LogP contribution is 2.49. The number of aliphatic imine (C=N–C) groups is 1. The third kappa shape index (κ3) is 2.17. The minimum Gasteiger partial charge on any atom is -0.351 e. The van der Waals surface area contributed by atoms with Crippen molar-refractivity contribution in [2.45, 2.75) is 43.7 Å². The van der Waals surface area contributed by atoms with Gasteiger partial charge in [0.1, 0.15) is 5.54 Å². The number of thioether (sulfide) groups is 1. The normalized spacial score (nSPS) is 28.1. The van der Waals surface area contributed by atoms with E-state index in [2.05, 4.69) is 24.2 Å². The van der Waals surface area contributed by atoms with Gasteiger partial charge < -0.3 is 5.32 Å². The highest BCUT2D eigenvalue weighted by Gasteiger charge is 2.64. The van der Waals surface area contributed by atoms with Gasteiger partial charge in [0.25, 0.3) is 0 Å². The summed E-state index contributed by atoms with van der Waals surface area (Å²) in [5.74, 6) is 0.439. The first-order valence-electron chi connectivity index (χ1n) is 5.40. The molecular formula is C10H15F3N2S. The van der Waals surface area contributed by atoms with E-state index in [0.29, 0.717) is 22.9 Å². The number of nitrogens with zero attached hydrogens (tertiary/aromatic N) is 1. The molecule has 92 valence electrons. The Balaban J connectivity index is 1.93. The van der Waals surface area contributed by atoms with Gasteiger partial charge in [-0.3, -0.25) is 4.99 Å². The zero-order chi connectivity index (χ0) is 12.0. The van der Waals surface area contributed by atoms with Crippen LogP contribution in [0.25, 0.3) is 0 Å². The van der Waals surface area contributed by atoms with E-state index in [4.69, 9.17) is 0 Å². The standard InChI is InChI=1S/C10H15F3N2S/c1-6(2)7-5-14-8(16-7)15-9(3-4-9)10(11,12)13/h6-7H,3-5H2,1-2H3,(H,14,15). The van der Waals surface area contributed by atoms with Gasteiger partial charge in [-0.1, -0.05) is 25.6 Å². The Labute approximate surface area is 97.1 Å². The number of nitrogens with one attached hydrogen (secondary N) is 1. The molecule has 0 aromatic carbocycles. The quantitative estimate of drug-likeness (QED) is 0.817. The lowest BCUT2D eigenvalue weighted by molar-refractivity contribution is -0.161. The third-order valence-electron chi connectivity index (χ3n) is 3.06. The summed E-state index contributed by atoms with van der Waals surface area (Å²) in [7, 11) is 0. The Bertz CT molecular complexity index is 308. The van der Waals surface area contributed by atoms with Crippen molar-refractivity contribution in [2.75, 3.05) is 6.54 Å². The number of hydrogen-bond donors (Lipinski definition) is 1. The molecule has 0 amide bonds. The molecule has 2 rings (SSSR count). The molecule has 1 atom stereocenters. The fraction of sp³-hybridized carbons (Fsp3) is 0.900. The van der Waals surface area contributed by atoms with Crippen LogP contribution in [0.1, 0.15) is 26.7 Å². The summed E-state index contributed by atoms with van der Waals surface area (Å²) in [6.45, 7) is 4.75. The maximum atomic E-state index is 12.7. The van der Waals surface area contributed by atoms with Gasteiger partial charge in [0.05, 0.1) is 6.54 Å². The lowest BCUT2D eigenvalue weighted by atomic mass is 10.1. The summed E-state index contributed by atoms with van der Waals surface area (Å²) >= 11 is 1.44. The fourth-order valence-electron chi connectivity index (χ4n) is 1.62. The zero-order valence-corrected chi connectivity index (χ0v) is 10.1. The smallest absolute Gasteiger partial charge is 0.351 e. The van der Waals surface area contributed by atoms with Gasteiger partial charge in [-0.2, -0.15) is 13.2 Å². The molecule has 16 heavy (non-hydrogen) atoms. The lowest BCUT2D eigenvalue weighted by Crippen LogP contribution is -2.46. The molecule has 0 saturated heterocycles. The van der Waals surface area contributed by atoms with Gasteiger partial charge in [-0.15, -0.1) is 0 Å². The van der Waals surface area contributed by atoms with E-state index in [1.165, 1.54) is 11.8 Å². The predicted molar refractivity (Wildman–Crippen MR) is 59.7 cm³/mol. The summed E-state index contributed by atoms with van der Waals surface area (Å²) in [4.78, 5) is 4.15. The molecule has 0 spiro atoms. The van der Waals surface area contributed by atoms with E-state index in [0.717, 1.165) is 0 Å². The van der Waals surface area contributed by atoms with Gasteiger partial charge >= 0.3 is 6.18 Å². The molecular weight excluding hydrogens is 237 g/mol. The summed E-state index contributed by atoms with van der Waals surface area (Å²) in [6, 6.07) is 0. The maximum Gasteiger partial charge on any atom is 0.411 e. The van der Waals surface area contributed by atoms with Crippen LogP contribution in [0.2, 0.25) is 0 Å². The molecule has 0 aromatic rings. The fourth-order valence-corrected chi connectivity index (χ4v) is 2.73. The molecule has 1 aliphatic carbocycles. The van der Waals surface area contributed by atoms with Gasteiger partial charge in [0.2, 0.25) is 0 Å². The monoisotopic (exact) mass is 252 g/mol. The summed E-state index contributed by atoms with van der Waals surface area (Å²) in [6.07, 6.45) is -3.82. The molecule has 6 heteroatoms. The SMILES string of the molecule is CC(C)C1CN=C(NC2(C(F)(F)F)CC2)S1. The molecule has 2 nitrogen and oxygen atoms in total. The van der Waals surface area contributed by atoms with E-state index in [9.17, 15) is 13.2 Å². The van der Waals surface area contributed by atoms with Crippen molar-refractivity contribution < 1.29 is 13.2 Å². The summed E-state index contributed by atoms with van der Waals surface area (Å²) in [5.41, 5.74) is -1.68. The van der Waals surface area contributed by atoms with Gasteiger partial charge in [-0.25, -0.2) is 0 Å². The topological polar surface area (TPSA) is 24.4 Å². The first kappa shape index (κ1) is 12.1. The van der Waals surface area contributed by atoms with E-state index >= 15 is 0 Å². The van der Waals surface area contributed by atoms with Crippen molar-refractivity contribution in [2.24, 2.45) is 10.9 Å². The van der Waals surface area contributed by atoms with Crippen LogP contribution < -0.4 is 5.32 Å².